The van der Waals surface area contributed by atoms with Crippen molar-refractivity contribution in [2.75, 3.05) is 24.5 Å². The van der Waals surface area contributed by atoms with Gasteiger partial charge in [0.15, 0.2) is 0 Å². The lowest BCUT2D eigenvalue weighted by Gasteiger charge is -2.34. The Morgan fingerprint density at radius 2 is 1.88 bits per heavy atom. The van der Waals surface area contributed by atoms with Gasteiger partial charge in [-0.05, 0) is 31.4 Å². The van der Waals surface area contributed by atoms with Crippen LogP contribution >= 0.6 is 0 Å². The number of anilines is 1. The zero-order chi connectivity index (χ0) is 17.9. The Hall–Kier alpha value is -2.54. The van der Waals surface area contributed by atoms with E-state index in [0.29, 0.717) is 18.1 Å². The maximum atomic E-state index is 14.0. The van der Waals surface area contributed by atoms with Crippen LogP contribution in [0.25, 0.3) is 0 Å². The minimum atomic E-state index is -0.349. The van der Waals surface area contributed by atoms with Crippen LogP contribution < -0.4 is 9.64 Å². The molecule has 7 heteroatoms. The highest BCUT2D eigenvalue weighted by molar-refractivity contribution is 5.99. The summed E-state index contributed by atoms with van der Waals surface area (Å²) in [5.74, 6) is 0.176. The van der Waals surface area contributed by atoms with Crippen molar-refractivity contribution in [2.45, 2.75) is 31.4 Å². The molecular weight excluding hydrogens is 335 g/mol. The highest BCUT2D eigenvalue weighted by Gasteiger charge is 2.39. The number of piperidine rings is 1. The van der Waals surface area contributed by atoms with E-state index >= 15 is 0 Å². The zero-order valence-electron chi connectivity index (χ0n) is 14.4. The van der Waals surface area contributed by atoms with Crippen LogP contribution in [0.3, 0.4) is 0 Å². The number of carbonyl (C=O) groups excluding carboxylic acids is 1. The molecule has 2 aliphatic heterocycles. The van der Waals surface area contributed by atoms with Crippen LogP contribution in [0, 0.1) is 5.82 Å². The fraction of sp³-hybridized carbons (Fsp3) is 0.421. The van der Waals surface area contributed by atoms with Crippen LogP contribution in [0.2, 0.25) is 0 Å². The highest BCUT2D eigenvalue weighted by atomic mass is 19.1. The van der Waals surface area contributed by atoms with Gasteiger partial charge in [0.1, 0.15) is 11.9 Å². The quantitative estimate of drug-likeness (QED) is 0.841. The molecule has 2 saturated heterocycles. The van der Waals surface area contributed by atoms with Crippen LogP contribution in [0.5, 0.6) is 5.88 Å². The molecule has 1 atom stereocenters. The predicted octanol–water partition coefficient (Wildman–Crippen LogP) is 2.26. The Bertz CT molecular complexity index is 765. The second kappa shape index (κ2) is 7.37. The average Bonchev–Trinajstić information content (AvgIpc) is 3.05. The fourth-order valence-electron chi connectivity index (χ4n) is 3.74. The van der Waals surface area contributed by atoms with Crippen LogP contribution in [-0.4, -0.2) is 52.6 Å². The predicted molar refractivity (Wildman–Crippen MR) is 94.4 cm³/mol. The molecule has 6 nitrogen and oxygen atoms in total. The number of benzene rings is 1. The molecule has 0 radical (unpaired) electrons. The molecule has 2 aromatic rings. The lowest BCUT2D eigenvalue weighted by atomic mass is 10.0. The summed E-state index contributed by atoms with van der Waals surface area (Å²) >= 11 is 0. The summed E-state index contributed by atoms with van der Waals surface area (Å²) in [7, 11) is 0. The molecule has 26 heavy (non-hydrogen) atoms. The lowest BCUT2D eigenvalue weighted by molar-refractivity contribution is -0.122. The number of halogens is 1. The van der Waals surface area contributed by atoms with Crippen molar-refractivity contribution >= 4 is 11.6 Å². The van der Waals surface area contributed by atoms with Gasteiger partial charge in [0.05, 0.1) is 17.9 Å². The van der Waals surface area contributed by atoms with Gasteiger partial charge in [-0.15, -0.1) is 0 Å². The summed E-state index contributed by atoms with van der Waals surface area (Å²) in [5, 5.41) is 0. The van der Waals surface area contributed by atoms with Crippen molar-refractivity contribution < 1.29 is 13.9 Å². The van der Waals surface area contributed by atoms with Crippen molar-refractivity contribution in [3.8, 4) is 5.88 Å². The first-order valence-electron chi connectivity index (χ1n) is 8.95. The van der Waals surface area contributed by atoms with Gasteiger partial charge < -0.3 is 9.64 Å². The van der Waals surface area contributed by atoms with Gasteiger partial charge in [0, 0.05) is 32.0 Å². The standard InChI is InChI=1S/C19H21FN4O2/c20-15-3-1-2-4-16(15)24-12-7-17(19(24)25)23-10-5-14(6-11-23)26-18-13-21-8-9-22-18/h1-4,8-9,13-14,17H,5-7,10-12H2. The van der Waals surface area contributed by atoms with Crippen molar-refractivity contribution in [1.29, 1.82) is 0 Å². The summed E-state index contributed by atoms with van der Waals surface area (Å²) in [6, 6.07) is 6.28. The van der Waals surface area contributed by atoms with Crippen molar-refractivity contribution in [1.82, 2.24) is 14.9 Å². The maximum Gasteiger partial charge on any atom is 0.244 e. The molecule has 0 N–H and O–H groups in total. The molecule has 0 saturated carbocycles. The van der Waals surface area contributed by atoms with Gasteiger partial charge in [-0.2, -0.15) is 0 Å². The topological polar surface area (TPSA) is 58.6 Å². The normalized spacial score (nSPS) is 22.0. The third-order valence-corrected chi connectivity index (χ3v) is 5.06. The summed E-state index contributed by atoms with van der Waals surface area (Å²) in [4.78, 5) is 24.7. The Kier molecular flexibility index (Phi) is 4.79. The highest BCUT2D eigenvalue weighted by Crippen LogP contribution is 2.28. The number of ether oxygens (including phenoxy) is 1. The second-order valence-corrected chi connectivity index (χ2v) is 6.64. The Morgan fingerprint density at radius 3 is 2.62 bits per heavy atom. The Labute approximate surface area is 151 Å². The molecule has 2 aliphatic rings. The van der Waals surface area contributed by atoms with Crippen molar-refractivity contribution in [2.24, 2.45) is 0 Å². The molecule has 1 aromatic carbocycles. The van der Waals surface area contributed by atoms with Gasteiger partial charge in [0.25, 0.3) is 0 Å². The van der Waals surface area contributed by atoms with E-state index in [-0.39, 0.29) is 23.9 Å². The Morgan fingerprint density at radius 1 is 1.08 bits per heavy atom. The number of aromatic nitrogens is 2. The number of nitrogens with zero attached hydrogens (tertiary/aromatic N) is 4. The first kappa shape index (κ1) is 16.9. The van der Waals surface area contributed by atoms with Gasteiger partial charge in [-0.25, -0.2) is 9.37 Å². The van der Waals surface area contributed by atoms with Crippen LogP contribution in [0.4, 0.5) is 10.1 Å². The molecule has 4 rings (SSSR count). The number of para-hydroxylation sites is 1. The van der Waals surface area contributed by atoms with E-state index < -0.39 is 0 Å². The number of carbonyl (C=O) groups is 1. The van der Waals surface area contributed by atoms with E-state index in [1.165, 1.54) is 6.07 Å². The summed E-state index contributed by atoms with van der Waals surface area (Å²) < 4.78 is 19.9. The second-order valence-electron chi connectivity index (χ2n) is 6.64. The zero-order valence-corrected chi connectivity index (χ0v) is 14.4. The van der Waals surface area contributed by atoms with Crippen LogP contribution in [0.1, 0.15) is 19.3 Å². The third-order valence-electron chi connectivity index (χ3n) is 5.06. The first-order valence-corrected chi connectivity index (χ1v) is 8.95. The summed E-state index contributed by atoms with van der Waals surface area (Å²) in [6.45, 7) is 2.12. The molecular formula is C19H21FN4O2. The summed E-state index contributed by atoms with van der Waals surface area (Å²) in [6.07, 6.45) is 7.31. The van der Waals surface area contributed by atoms with Crippen molar-refractivity contribution in [3.63, 3.8) is 0 Å². The van der Waals surface area contributed by atoms with E-state index in [1.54, 1.807) is 41.7 Å². The van der Waals surface area contributed by atoms with E-state index in [0.717, 1.165) is 32.4 Å². The minimum absolute atomic E-state index is 0.0107. The van der Waals surface area contributed by atoms with Gasteiger partial charge >= 0.3 is 0 Å². The number of likely N-dealkylation sites (tertiary alicyclic amines) is 1. The smallest absolute Gasteiger partial charge is 0.244 e. The lowest BCUT2D eigenvalue weighted by Crippen LogP contribution is -2.47. The molecule has 1 aromatic heterocycles. The number of hydrogen-bond donors (Lipinski definition) is 0. The molecule has 136 valence electrons. The SMILES string of the molecule is O=C1C(N2CCC(Oc3cnccn3)CC2)CCN1c1ccccc1F. The minimum Gasteiger partial charge on any atom is -0.473 e. The van der Waals surface area contributed by atoms with Gasteiger partial charge in [0.2, 0.25) is 11.8 Å². The van der Waals surface area contributed by atoms with Gasteiger partial charge in [-0.1, -0.05) is 12.1 Å². The third kappa shape index (κ3) is 3.39. The average molecular weight is 356 g/mol. The van der Waals surface area contributed by atoms with Crippen LogP contribution in [0.15, 0.2) is 42.9 Å². The monoisotopic (exact) mass is 356 g/mol. The van der Waals surface area contributed by atoms with E-state index in [1.807, 2.05) is 0 Å². The first-order chi connectivity index (χ1) is 12.7. The molecule has 0 aliphatic carbocycles. The molecule has 2 fully saturated rings. The van der Waals surface area contributed by atoms with Crippen LogP contribution in [-0.2, 0) is 4.79 Å². The largest absolute Gasteiger partial charge is 0.473 e. The fourth-order valence-corrected chi connectivity index (χ4v) is 3.74. The van der Waals surface area contributed by atoms with E-state index in [2.05, 4.69) is 14.9 Å². The van der Waals surface area contributed by atoms with Gasteiger partial charge in [-0.3, -0.25) is 14.7 Å². The molecule has 3 heterocycles. The van der Waals surface area contributed by atoms with Crippen molar-refractivity contribution in [3.05, 3.63) is 48.7 Å². The molecule has 0 bridgehead atoms. The molecule has 1 amide bonds. The number of rotatable bonds is 4. The number of hydrogen-bond acceptors (Lipinski definition) is 5. The maximum absolute atomic E-state index is 14.0. The van der Waals surface area contributed by atoms with E-state index in [4.69, 9.17) is 4.74 Å². The summed E-state index contributed by atoms with van der Waals surface area (Å²) in [5.41, 5.74) is 0.376. The molecule has 0 spiro atoms. The van der Waals surface area contributed by atoms with E-state index in [9.17, 15) is 9.18 Å². The molecule has 1 unspecified atom stereocenters. The number of amides is 1. The Balaban J connectivity index is 1.35.